The number of hydrogen-bond donors (Lipinski definition) is 0. The lowest BCUT2D eigenvalue weighted by atomic mass is 9.89. The Kier molecular flexibility index (Phi) is 13.6. The molecule has 5 atom stereocenters. The monoisotopic (exact) mass is 721 g/mol. The van der Waals surface area contributed by atoms with Crippen molar-refractivity contribution in [1.29, 1.82) is 0 Å². The summed E-state index contributed by atoms with van der Waals surface area (Å²) in [7, 11) is 2.97. The van der Waals surface area contributed by atoms with E-state index in [0.717, 1.165) is 27.3 Å². The van der Waals surface area contributed by atoms with Crippen LogP contribution in [0, 0.1) is 0 Å². The standard InChI is InChI=1S/C43H44ClNO7/c1-45(47-2)43(46)36-25-35(23-24-37(36)44)39-41(50-28-33-19-11-5-12-20-33)42(51-29-34-21-13-6-14-22-34)40(49-27-32-17-9-4-10-18-32)38(52-39)30-48-26-31-15-7-3-8-16-31/h3-25,38-42H,26-30H2,1-2H3/t38-,39+,40-,41-,42+/m1/s1. The van der Waals surface area contributed by atoms with Crippen molar-refractivity contribution in [1.82, 2.24) is 5.06 Å². The third-order valence-corrected chi connectivity index (χ3v) is 9.32. The number of halogens is 1. The summed E-state index contributed by atoms with van der Waals surface area (Å²) < 4.78 is 33.8. The molecule has 0 aromatic heterocycles. The van der Waals surface area contributed by atoms with Crippen molar-refractivity contribution >= 4 is 17.5 Å². The van der Waals surface area contributed by atoms with Crippen molar-refractivity contribution in [2.75, 3.05) is 20.8 Å². The number of benzene rings is 5. The minimum absolute atomic E-state index is 0.216. The van der Waals surface area contributed by atoms with Crippen molar-refractivity contribution in [3.63, 3.8) is 0 Å². The van der Waals surface area contributed by atoms with E-state index in [1.165, 1.54) is 14.2 Å². The summed E-state index contributed by atoms with van der Waals surface area (Å²) in [5.41, 5.74) is 5.02. The van der Waals surface area contributed by atoms with E-state index in [2.05, 4.69) is 0 Å². The van der Waals surface area contributed by atoms with Gasteiger partial charge in [-0.15, -0.1) is 0 Å². The van der Waals surface area contributed by atoms with Crippen molar-refractivity contribution in [2.45, 2.75) is 56.9 Å². The Hall–Kier alpha value is -4.38. The van der Waals surface area contributed by atoms with Gasteiger partial charge in [0.2, 0.25) is 0 Å². The first-order valence-electron chi connectivity index (χ1n) is 17.4. The average molecular weight is 722 g/mol. The van der Waals surface area contributed by atoms with Crippen LogP contribution >= 0.6 is 11.6 Å². The van der Waals surface area contributed by atoms with Crippen LogP contribution in [0.1, 0.15) is 44.3 Å². The van der Waals surface area contributed by atoms with Gasteiger partial charge in [-0.05, 0) is 39.9 Å². The van der Waals surface area contributed by atoms with Crippen LogP contribution in [0.4, 0.5) is 0 Å². The Morgan fingerprint density at radius 2 is 1.10 bits per heavy atom. The van der Waals surface area contributed by atoms with Crippen LogP contribution < -0.4 is 0 Å². The van der Waals surface area contributed by atoms with Gasteiger partial charge in [-0.3, -0.25) is 9.63 Å². The Bertz CT molecular complexity index is 1810. The van der Waals surface area contributed by atoms with Crippen molar-refractivity contribution in [2.24, 2.45) is 0 Å². The van der Waals surface area contributed by atoms with Gasteiger partial charge in [-0.1, -0.05) is 139 Å². The second-order valence-corrected chi connectivity index (χ2v) is 13.0. The fourth-order valence-corrected chi connectivity index (χ4v) is 6.39. The Morgan fingerprint density at radius 3 is 1.60 bits per heavy atom. The zero-order chi connectivity index (χ0) is 36.1. The Labute approximate surface area is 310 Å². The lowest BCUT2D eigenvalue weighted by molar-refractivity contribution is -0.275. The maximum atomic E-state index is 13.3. The number of nitrogens with zero attached hydrogens (tertiary/aromatic N) is 1. The van der Waals surface area contributed by atoms with E-state index in [1.54, 1.807) is 12.1 Å². The number of hydrogen-bond acceptors (Lipinski definition) is 7. The highest BCUT2D eigenvalue weighted by molar-refractivity contribution is 6.33. The number of carbonyl (C=O) groups excluding carboxylic acids is 1. The van der Waals surface area contributed by atoms with Crippen LogP contribution in [-0.4, -0.2) is 56.2 Å². The molecule has 6 rings (SSSR count). The van der Waals surface area contributed by atoms with Crippen LogP contribution in [0.5, 0.6) is 0 Å². The van der Waals surface area contributed by atoms with E-state index in [9.17, 15) is 4.79 Å². The van der Waals surface area contributed by atoms with Crippen LogP contribution in [0.2, 0.25) is 5.02 Å². The maximum absolute atomic E-state index is 13.3. The van der Waals surface area contributed by atoms with Crippen molar-refractivity contribution in [3.05, 3.63) is 178 Å². The lowest BCUT2D eigenvalue weighted by Crippen LogP contribution is -2.58. The van der Waals surface area contributed by atoms with Gasteiger partial charge in [0.25, 0.3) is 5.91 Å². The van der Waals surface area contributed by atoms with E-state index in [1.807, 2.05) is 127 Å². The molecule has 0 radical (unpaired) electrons. The van der Waals surface area contributed by atoms with Gasteiger partial charge in [0.1, 0.15) is 30.5 Å². The highest BCUT2D eigenvalue weighted by Crippen LogP contribution is 2.39. The largest absolute Gasteiger partial charge is 0.374 e. The first-order valence-corrected chi connectivity index (χ1v) is 17.7. The van der Waals surface area contributed by atoms with E-state index in [0.29, 0.717) is 37.0 Å². The summed E-state index contributed by atoms with van der Waals surface area (Å²) >= 11 is 6.59. The third kappa shape index (κ3) is 9.93. The predicted molar refractivity (Wildman–Crippen MR) is 199 cm³/mol. The molecule has 5 aromatic rings. The molecule has 1 heterocycles. The molecule has 1 aliphatic rings. The normalized spacial score (nSPS) is 20.0. The second kappa shape index (κ2) is 18.9. The molecule has 1 saturated heterocycles. The molecule has 52 heavy (non-hydrogen) atoms. The molecule has 0 saturated carbocycles. The van der Waals surface area contributed by atoms with Gasteiger partial charge in [0, 0.05) is 7.05 Å². The molecule has 1 amide bonds. The highest BCUT2D eigenvalue weighted by atomic mass is 35.5. The van der Waals surface area contributed by atoms with E-state index >= 15 is 0 Å². The molecule has 5 aromatic carbocycles. The van der Waals surface area contributed by atoms with Gasteiger partial charge in [-0.25, -0.2) is 5.06 Å². The molecule has 270 valence electrons. The number of rotatable bonds is 16. The van der Waals surface area contributed by atoms with Gasteiger partial charge >= 0.3 is 0 Å². The van der Waals surface area contributed by atoms with Gasteiger partial charge in [-0.2, -0.15) is 0 Å². The van der Waals surface area contributed by atoms with Crippen molar-refractivity contribution in [3.8, 4) is 0 Å². The molecule has 0 aliphatic carbocycles. The van der Waals surface area contributed by atoms with Crippen LogP contribution in [0.3, 0.4) is 0 Å². The maximum Gasteiger partial charge on any atom is 0.278 e. The number of carbonyl (C=O) groups is 1. The van der Waals surface area contributed by atoms with Gasteiger partial charge < -0.3 is 23.7 Å². The molecule has 1 aliphatic heterocycles. The second-order valence-electron chi connectivity index (χ2n) is 12.6. The zero-order valence-corrected chi connectivity index (χ0v) is 30.1. The first kappa shape index (κ1) is 37.4. The fraction of sp³-hybridized carbons (Fsp3) is 0.279. The molecule has 1 fully saturated rings. The lowest BCUT2D eigenvalue weighted by Gasteiger charge is -2.46. The number of hydroxylamine groups is 2. The number of amides is 1. The minimum atomic E-state index is -0.692. The molecule has 9 heteroatoms. The molecule has 0 N–H and O–H groups in total. The van der Waals surface area contributed by atoms with Crippen molar-refractivity contribution < 1.29 is 33.3 Å². The SMILES string of the molecule is CON(C)C(=O)c1cc([C@@H]2O[C@H](COCc3ccccc3)[C@@H](OCc3ccccc3)[C@H](OCc3ccccc3)[C@@H]2OCc2ccccc2)ccc1Cl. The predicted octanol–water partition coefficient (Wildman–Crippen LogP) is 8.39. The molecule has 8 nitrogen and oxygen atoms in total. The zero-order valence-electron chi connectivity index (χ0n) is 29.4. The fourth-order valence-electron chi connectivity index (χ4n) is 6.19. The molecular weight excluding hydrogens is 678 g/mol. The third-order valence-electron chi connectivity index (χ3n) is 8.99. The summed E-state index contributed by atoms with van der Waals surface area (Å²) in [5.74, 6) is -0.393. The highest BCUT2D eigenvalue weighted by Gasteiger charge is 2.49. The van der Waals surface area contributed by atoms with Crippen LogP contribution in [0.25, 0.3) is 0 Å². The van der Waals surface area contributed by atoms with Gasteiger partial charge in [0.15, 0.2) is 0 Å². The van der Waals surface area contributed by atoms with E-state index in [-0.39, 0.29) is 12.2 Å². The molecule has 0 unspecified atom stereocenters. The summed E-state index contributed by atoms with van der Waals surface area (Å²) in [6.07, 6.45) is -3.15. The summed E-state index contributed by atoms with van der Waals surface area (Å²) in [6, 6.07) is 45.3. The average Bonchev–Trinajstić information content (AvgIpc) is 3.20. The van der Waals surface area contributed by atoms with E-state index in [4.69, 9.17) is 40.1 Å². The van der Waals surface area contributed by atoms with Gasteiger partial charge in [0.05, 0.1) is 50.7 Å². The smallest absolute Gasteiger partial charge is 0.278 e. The van der Waals surface area contributed by atoms with Crippen LogP contribution in [-0.2, 0) is 54.9 Å². The first-order chi connectivity index (χ1) is 25.5. The Morgan fingerprint density at radius 1 is 0.635 bits per heavy atom. The minimum Gasteiger partial charge on any atom is -0.374 e. The summed E-state index contributed by atoms with van der Waals surface area (Å²) in [6.45, 7) is 1.54. The quantitative estimate of drug-likeness (QED) is 0.0948. The molecule has 0 spiro atoms. The summed E-state index contributed by atoms with van der Waals surface area (Å²) in [4.78, 5) is 18.5. The summed E-state index contributed by atoms with van der Waals surface area (Å²) in [5, 5.41) is 1.43. The number of ether oxygens (including phenoxy) is 5. The molecular formula is C43H44ClNO7. The Balaban J connectivity index is 1.40. The molecule has 0 bridgehead atoms. The van der Waals surface area contributed by atoms with E-state index < -0.39 is 36.4 Å². The topological polar surface area (TPSA) is 75.7 Å². The van der Waals surface area contributed by atoms with Crippen LogP contribution in [0.15, 0.2) is 140 Å².